The van der Waals surface area contributed by atoms with Crippen LogP contribution < -0.4 is 5.73 Å². The lowest BCUT2D eigenvalue weighted by molar-refractivity contribution is -0.244. The monoisotopic (exact) mass is 237 g/mol. The van der Waals surface area contributed by atoms with Crippen molar-refractivity contribution in [1.82, 2.24) is 0 Å². The molecule has 88 valence electrons. The molecule has 0 bridgehead atoms. The van der Waals surface area contributed by atoms with E-state index >= 15 is 0 Å². The second kappa shape index (κ2) is 5.78. The first kappa shape index (κ1) is 12.9. The minimum Gasteiger partial charge on any atom is -0.389 e. The number of carbonyl (C=O) groups is 1. The maximum absolute atomic E-state index is 11.0. The Kier molecular flexibility index (Phi) is 4.97. The van der Waals surface area contributed by atoms with Gasteiger partial charge in [-0.25, -0.2) is 4.89 Å². The fourth-order valence-corrected chi connectivity index (χ4v) is 2.60. The summed E-state index contributed by atoms with van der Waals surface area (Å²) in [6.45, 7) is 0.00627. The van der Waals surface area contributed by atoms with Crippen LogP contribution in [0.15, 0.2) is 0 Å². The minimum atomic E-state index is -1.27. The summed E-state index contributed by atoms with van der Waals surface area (Å²) >= 11 is 1.30. The lowest BCUT2D eigenvalue weighted by Crippen LogP contribution is -2.32. The van der Waals surface area contributed by atoms with Gasteiger partial charge in [-0.3, -0.25) is 10.1 Å². The number of Topliss-reactive ketones (excluding diaryl/α,β-unsaturated/α-hetero) is 1. The van der Waals surface area contributed by atoms with E-state index in [4.69, 9.17) is 11.0 Å². The number of nitrogens with two attached hydrogens (primary N) is 1. The topological polar surface area (TPSA) is 113 Å². The van der Waals surface area contributed by atoms with Gasteiger partial charge < -0.3 is 15.9 Å². The Bertz CT molecular complexity index is 227. The van der Waals surface area contributed by atoms with Gasteiger partial charge in [-0.1, -0.05) is 0 Å². The number of aliphatic hydroxyl groups is 2. The minimum absolute atomic E-state index is 0.00627. The number of hydrogen-bond acceptors (Lipinski definition) is 7. The maximum Gasteiger partial charge on any atom is 0.165 e. The summed E-state index contributed by atoms with van der Waals surface area (Å²) in [4.78, 5) is 14.9. The lowest BCUT2D eigenvalue weighted by Gasteiger charge is -2.16. The normalized spacial score (nSPS) is 33.3. The highest BCUT2D eigenvalue weighted by atomic mass is 32.2. The van der Waals surface area contributed by atoms with Crippen molar-refractivity contribution in [1.29, 1.82) is 0 Å². The molecule has 0 spiro atoms. The molecule has 1 saturated carbocycles. The van der Waals surface area contributed by atoms with Gasteiger partial charge in [0.25, 0.3) is 0 Å². The van der Waals surface area contributed by atoms with Crippen LogP contribution in [0.25, 0.3) is 0 Å². The molecule has 6 nitrogen and oxygen atoms in total. The summed E-state index contributed by atoms with van der Waals surface area (Å²) in [5.41, 5.74) is 5.54. The molecular weight excluding hydrogens is 222 g/mol. The summed E-state index contributed by atoms with van der Waals surface area (Å²) in [5.74, 6) is 0.106. The molecule has 0 aromatic heterocycles. The van der Waals surface area contributed by atoms with Gasteiger partial charge in [-0.15, -0.1) is 0 Å². The van der Waals surface area contributed by atoms with Crippen LogP contribution in [0.5, 0.6) is 0 Å². The van der Waals surface area contributed by atoms with Crippen LogP contribution in [0.1, 0.15) is 6.42 Å². The predicted molar refractivity (Wildman–Crippen MR) is 54.4 cm³/mol. The van der Waals surface area contributed by atoms with Crippen LogP contribution in [0.4, 0.5) is 0 Å². The molecule has 15 heavy (non-hydrogen) atoms. The third kappa shape index (κ3) is 3.40. The van der Waals surface area contributed by atoms with Gasteiger partial charge in [0.1, 0.15) is 6.10 Å². The van der Waals surface area contributed by atoms with Crippen LogP contribution >= 0.6 is 11.8 Å². The molecule has 7 heteroatoms. The maximum atomic E-state index is 11.0. The number of ketones is 1. The second-order valence-corrected chi connectivity index (χ2v) is 4.81. The predicted octanol–water partition coefficient (Wildman–Crippen LogP) is -1.40. The van der Waals surface area contributed by atoms with Gasteiger partial charge in [0, 0.05) is 23.5 Å². The third-order valence-corrected chi connectivity index (χ3v) is 3.74. The number of aliphatic hydroxyl groups excluding tert-OH is 2. The van der Waals surface area contributed by atoms with Gasteiger partial charge in [0.05, 0.1) is 12.7 Å². The number of thioether (sulfide) groups is 1. The molecule has 0 heterocycles. The second-order valence-electron chi connectivity index (χ2n) is 3.53. The average molecular weight is 237 g/mol. The standard InChI is InChI=1S/C8H15NO5S/c9-4(2-14-13)3-15-6-1-5(10)7(11)8(6)12/h4,6-8,11-13H,1-3,9H2. The van der Waals surface area contributed by atoms with Crippen LogP contribution in [-0.2, 0) is 9.68 Å². The van der Waals surface area contributed by atoms with Crippen molar-refractivity contribution in [3.63, 3.8) is 0 Å². The third-order valence-electron chi connectivity index (χ3n) is 2.25. The van der Waals surface area contributed by atoms with Crippen LogP contribution in [0, 0.1) is 0 Å². The first-order chi connectivity index (χ1) is 7.06. The van der Waals surface area contributed by atoms with Crippen LogP contribution in [0.2, 0.25) is 0 Å². The summed E-state index contributed by atoms with van der Waals surface area (Å²) in [5, 5.41) is 26.5. The highest BCUT2D eigenvalue weighted by molar-refractivity contribution is 8.00. The smallest absolute Gasteiger partial charge is 0.165 e. The highest BCUT2D eigenvalue weighted by Crippen LogP contribution is 2.28. The molecule has 4 unspecified atom stereocenters. The molecule has 1 aliphatic rings. The summed E-state index contributed by atoms with van der Waals surface area (Å²) in [6, 6.07) is -0.361. The van der Waals surface area contributed by atoms with E-state index in [0.29, 0.717) is 5.75 Å². The van der Waals surface area contributed by atoms with E-state index < -0.39 is 12.2 Å². The Morgan fingerprint density at radius 1 is 1.60 bits per heavy atom. The Hall–Kier alpha value is -0.180. The zero-order valence-electron chi connectivity index (χ0n) is 8.07. The van der Waals surface area contributed by atoms with Crippen LogP contribution in [0.3, 0.4) is 0 Å². The molecule has 1 rings (SSSR count). The van der Waals surface area contributed by atoms with Crippen molar-refractivity contribution in [2.45, 2.75) is 29.9 Å². The SMILES string of the molecule is NC(COO)CSC1CC(=O)C(O)C1O. The molecule has 0 aromatic rings. The Labute approximate surface area is 91.3 Å². The molecule has 1 aliphatic carbocycles. The van der Waals surface area contributed by atoms with E-state index in [1.165, 1.54) is 11.8 Å². The van der Waals surface area contributed by atoms with Crippen molar-refractivity contribution in [2.75, 3.05) is 12.4 Å². The van der Waals surface area contributed by atoms with Gasteiger partial charge in [-0.05, 0) is 0 Å². The van der Waals surface area contributed by atoms with E-state index in [-0.39, 0.29) is 30.1 Å². The van der Waals surface area contributed by atoms with Crippen molar-refractivity contribution in [3.8, 4) is 0 Å². The zero-order chi connectivity index (χ0) is 11.4. The van der Waals surface area contributed by atoms with Crippen molar-refractivity contribution < 1.29 is 25.2 Å². The van der Waals surface area contributed by atoms with E-state index in [1.807, 2.05) is 0 Å². The average Bonchev–Trinajstić information content (AvgIpc) is 2.43. The van der Waals surface area contributed by atoms with E-state index in [1.54, 1.807) is 0 Å². The molecule has 0 aliphatic heterocycles. The van der Waals surface area contributed by atoms with Crippen LogP contribution in [-0.4, -0.2) is 57.1 Å². The molecule has 1 fully saturated rings. The molecule has 0 aromatic carbocycles. The van der Waals surface area contributed by atoms with Gasteiger partial charge >= 0.3 is 0 Å². The molecule has 5 N–H and O–H groups in total. The van der Waals surface area contributed by atoms with E-state index in [0.717, 1.165) is 0 Å². The quantitative estimate of drug-likeness (QED) is 0.343. The lowest BCUT2D eigenvalue weighted by atomic mass is 10.2. The summed E-state index contributed by atoms with van der Waals surface area (Å²) in [7, 11) is 0. The number of hydrogen-bond donors (Lipinski definition) is 4. The Morgan fingerprint density at radius 3 is 2.73 bits per heavy atom. The van der Waals surface area contributed by atoms with Crippen molar-refractivity contribution in [2.24, 2.45) is 5.73 Å². The number of carbonyl (C=O) groups excluding carboxylic acids is 1. The Morgan fingerprint density at radius 2 is 2.27 bits per heavy atom. The molecule has 4 atom stereocenters. The molecular formula is C8H15NO5S. The van der Waals surface area contributed by atoms with Crippen molar-refractivity contribution >= 4 is 17.5 Å². The van der Waals surface area contributed by atoms with Gasteiger partial charge in [-0.2, -0.15) is 11.8 Å². The fourth-order valence-electron chi connectivity index (χ4n) is 1.38. The summed E-state index contributed by atoms with van der Waals surface area (Å²) < 4.78 is 0. The largest absolute Gasteiger partial charge is 0.389 e. The first-order valence-electron chi connectivity index (χ1n) is 4.58. The van der Waals surface area contributed by atoms with Gasteiger partial charge in [0.2, 0.25) is 0 Å². The number of rotatable bonds is 5. The fraction of sp³-hybridized carbons (Fsp3) is 0.875. The van der Waals surface area contributed by atoms with Crippen molar-refractivity contribution in [3.05, 3.63) is 0 Å². The van der Waals surface area contributed by atoms with Gasteiger partial charge in [0.15, 0.2) is 5.78 Å². The molecule has 0 amide bonds. The highest BCUT2D eigenvalue weighted by Gasteiger charge is 2.40. The first-order valence-corrected chi connectivity index (χ1v) is 5.63. The van der Waals surface area contributed by atoms with E-state index in [2.05, 4.69) is 4.89 Å². The zero-order valence-corrected chi connectivity index (χ0v) is 8.89. The molecule has 0 saturated heterocycles. The van der Waals surface area contributed by atoms with E-state index in [9.17, 15) is 15.0 Å². The Balaban J connectivity index is 2.31. The molecule has 0 radical (unpaired) electrons. The summed E-state index contributed by atoms with van der Waals surface area (Å²) in [6.07, 6.45) is -2.14.